The van der Waals surface area contributed by atoms with Gasteiger partial charge in [-0.2, -0.15) is 0 Å². The maximum atomic E-state index is 14.7. The number of methoxy groups -OCH3 is 1. The van der Waals surface area contributed by atoms with Crippen LogP contribution in [0.2, 0.25) is 0 Å². The SMILES string of the molecule is C=CC(=O)Nc1cc(Nc2cc(N3OCCC3c3cc(F)ccc3F)ncn2)c(OC)cc1N1CCC(N2CCC(N(C)C)C2)CC1. The molecule has 2 N–H and O–H groups in total. The summed E-state index contributed by atoms with van der Waals surface area (Å²) in [6.45, 7) is 7.87. The molecular weight excluding hydrogens is 606 g/mol. The normalized spacial score (nSPS) is 20.6. The van der Waals surface area contributed by atoms with E-state index in [-0.39, 0.29) is 11.5 Å². The van der Waals surface area contributed by atoms with Crippen LogP contribution in [0.1, 0.15) is 37.3 Å². The molecule has 0 bridgehead atoms. The van der Waals surface area contributed by atoms with Gasteiger partial charge in [-0.05, 0) is 63.7 Å². The maximum Gasteiger partial charge on any atom is 0.247 e. The first-order valence-corrected chi connectivity index (χ1v) is 16.0. The van der Waals surface area contributed by atoms with Crippen LogP contribution >= 0.6 is 0 Å². The Kier molecular flexibility index (Phi) is 9.85. The van der Waals surface area contributed by atoms with Crippen molar-refractivity contribution in [2.75, 3.05) is 74.6 Å². The number of likely N-dealkylation sites (N-methyl/N-ethyl adjacent to an activating group) is 1. The van der Waals surface area contributed by atoms with Gasteiger partial charge in [0.15, 0.2) is 5.82 Å². The van der Waals surface area contributed by atoms with E-state index in [1.54, 1.807) is 13.2 Å². The van der Waals surface area contributed by atoms with E-state index in [4.69, 9.17) is 9.57 Å². The maximum absolute atomic E-state index is 14.7. The van der Waals surface area contributed by atoms with Gasteiger partial charge >= 0.3 is 0 Å². The average Bonchev–Trinajstić information content (AvgIpc) is 3.77. The number of hydrogen-bond donors (Lipinski definition) is 2. The molecule has 11 nitrogen and oxygen atoms in total. The number of carbonyl (C=O) groups excluding carboxylic acids is 1. The van der Waals surface area contributed by atoms with Crippen LogP contribution in [0.3, 0.4) is 0 Å². The minimum Gasteiger partial charge on any atom is -0.494 e. The number of benzene rings is 2. The summed E-state index contributed by atoms with van der Waals surface area (Å²) in [5.74, 6) is -0.0148. The Morgan fingerprint density at radius 3 is 2.60 bits per heavy atom. The molecule has 3 fully saturated rings. The van der Waals surface area contributed by atoms with Crippen LogP contribution in [-0.2, 0) is 9.63 Å². The quantitative estimate of drug-likeness (QED) is 0.289. The Hall–Kier alpha value is -4.33. The molecule has 47 heavy (non-hydrogen) atoms. The summed E-state index contributed by atoms with van der Waals surface area (Å²) in [6, 6.07) is 9.37. The van der Waals surface area contributed by atoms with Crippen molar-refractivity contribution in [1.82, 2.24) is 19.8 Å². The van der Waals surface area contributed by atoms with E-state index in [2.05, 4.69) is 56.0 Å². The number of aromatic nitrogens is 2. The fourth-order valence-electron chi connectivity index (χ4n) is 6.80. The van der Waals surface area contributed by atoms with Gasteiger partial charge in [0.1, 0.15) is 29.5 Å². The number of piperidine rings is 1. The van der Waals surface area contributed by atoms with Crippen molar-refractivity contribution in [1.29, 1.82) is 0 Å². The number of halogens is 2. The predicted octanol–water partition coefficient (Wildman–Crippen LogP) is 5.12. The zero-order chi connectivity index (χ0) is 33.1. The Morgan fingerprint density at radius 1 is 1.06 bits per heavy atom. The van der Waals surface area contributed by atoms with Crippen LogP contribution < -0.4 is 25.3 Å². The summed E-state index contributed by atoms with van der Waals surface area (Å²) in [4.78, 5) is 34.3. The number of amides is 1. The molecule has 0 radical (unpaired) electrons. The molecule has 13 heteroatoms. The van der Waals surface area contributed by atoms with Gasteiger partial charge in [-0.3, -0.25) is 14.5 Å². The molecule has 4 heterocycles. The van der Waals surface area contributed by atoms with Crippen molar-refractivity contribution in [2.45, 2.75) is 43.8 Å². The highest BCUT2D eigenvalue weighted by Crippen LogP contribution is 2.41. The first-order valence-electron chi connectivity index (χ1n) is 16.0. The van der Waals surface area contributed by atoms with Crippen molar-refractivity contribution in [3.63, 3.8) is 0 Å². The van der Waals surface area contributed by atoms with Gasteiger partial charge in [0.25, 0.3) is 0 Å². The molecule has 2 unspecified atom stereocenters. The zero-order valence-electron chi connectivity index (χ0n) is 27.1. The topological polar surface area (TPSA) is 98.3 Å². The minimum absolute atomic E-state index is 0.192. The molecule has 0 saturated carbocycles. The molecule has 3 aliphatic rings. The minimum atomic E-state index is -0.563. The number of rotatable bonds is 10. The van der Waals surface area contributed by atoms with Crippen molar-refractivity contribution in [2.24, 2.45) is 0 Å². The standard InChI is InChI=1S/C34H42F2N8O3/c1-5-34(45)40-27-17-28(31(46-4)18-30(27)42-12-8-23(9-13-42)43-14-10-24(20-43)41(2)3)39-32-19-33(38-21-37-32)44-29(11-15-47-44)25-16-22(35)6-7-26(25)36/h5-7,16-19,21,23-24,29H,1,8-15,20H2,2-4H3,(H,40,45)(H,37,38,39). The van der Waals surface area contributed by atoms with E-state index in [1.165, 1.54) is 30.0 Å². The molecule has 250 valence electrons. The second-order valence-electron chi connectivity index (χ2n) is 12.4. The Balaban J connectivity index is 1.22. The van der Waals surface area contributed by atoms with Gasteiger partial charge < -0.3 is 25.2 Å². The van der Waals surface area contributed by atoms with Crippen LogP contribution in [0, 0.1) is 11.6 Å². The van der Waals surface area contributed by atoms with Crippen LogP contribution in [-0.4, -0.2) is 91.7 Å². The fourth-order valence-corrected chi connectivity index (χ4v) is 6.80. The van der Waals surface area contributed by atoms with Crippen molar-refractivity contribution < 1.29 is 23.1 Å². The summed E-state index contributed by atoms with van der Waals surface area (Å²) in [7, 11) is 5.90. The Morgan fingerprint density at radius 2 is 1.87 bits per heavy atom. The van der Waals surface area contributed by atoms with Gasteiger partial charge in [0.05, 0.1) is 36.8 Å². The number of likely N-dealkylation sites (tertiary alicyclic amines) is 1. The highest BCUT2D eigenvalue weighted by atomic mass is 19.1. The molecule has 6 rings (SSSR count). The highest BCUT2D eigenvalue weighted by molar-refractivity contribution is 6.02. The van der Waals surface area contributed by atoms with E-state index < -0.39 is 17.7 Å². The Bertz CT molecular complexity index is 1600. The van der Waals surface area contributed by atoms with Gasteiger partial charge in [-0.25, -0.2) is 23.8 Å². The molecule has 2 aromatic carbocycles. The number of nitrogens with zero attached hydrogens (tertiary/aromatic N) is 6. The number of nitrogens with one attached hydrogen (secondary N) is 2. The molecule has 0 aliphatic carbocycles. The lowest BCUT2D eigenvalue weighted by Gasteiger charge is -2.39. The second kappa shape index (κ2) is 14.2. The number of ether oxygens (including phenoxy) is 1. The average molecular weight is 649 g/mol. The second-order valence-corrected chi connectivity index (χ2v) is 12.4. The molecule has 0 spiro atoms. The van der Waals surface area contributed by atoms with Crippen molar-refractivity contribution >= 4 is 34.6 Å². The van der Waals surface area contributed by atoms with Gasteiger partial charge in [-0.15, -0.1) is 0 Å². The predicted molar refractivity (Wildman–Crippen MR) is 178 cm³/mol. The fraction of sp³-hybridized carbons (Fsp3) is 0.441. The summed E-state index contributed by atoms with van der Waals surface area (Å²) in [5, 5.41) is 7.73. The van der Waals surface area contributed by atoms with Gasteiger partial charge in [-0.1, -0.05) is 6.58 Å². The highest BCUT2D eigenvalue weighted by Gasteiger charge is 2.33. The number of anilines is 5. The van der Waals surface area contributed by atoms with Crippen molar-refractivity contribution in [3.05, 3.63) is 72.6 Å². The Labute approximate surface area is 274 Å². The number of hydroxylamine groups is 1. The van der Waals surface area contributed by atoms with Crippen LogP contribution in [0.15, 0.2) is 55.4 Å². The molecule has 2 atom stereocenters. The lowest BCUT2D eigenvalue weighted by molar-refractivity contribution is -0.111. The molecular formula is C34H42F2N8O3. The third-order valence-electron chi connectivity index (χ3n) is 9.37. The van der Waals surface area contributed by atoms with Crippen molar-refractivity contribution in [3.8, 4) is 5.75 Å². The van der Waals surface area contributed by atoms with Crippen LogP contribution in [0.25, 0.3) is 0 Å². The largest absolute Gasteiger partial charge is 0.494 e. The summed E-state index contributed by atoms with van der Waals surface area (Å²) in [5.41, 5.74) is 2.24. The molecule has 3 aromatic rings. The smallest absolute Gasteiger partial charge is 0.247 e. The summed E-state index contributed by atoms with van der Waals surface area (Å²) in [6.07, 6.45) is 6.32. The molecule has 1 amide bonds. The molecule has 1 aromatic heterocycles. The lowest BCUT2D eigenvalue weighted by atomic mass is 10.0. The van der Waals surface area contributed by atoms with Crippen LogP contribution in [0.5, 0.6) is 5.75 Å². The monoisotopic (exact) mass is 648 g/mol. The van der Waals surface area contributed by atoms with E-state index in [1.807, 2.05) is 12.1 Å². The molecule has 3 aliphatic heterocycles. The first kappa shape index (κ1) is 32.6. The summed E-state index contributed by atoms with van der Waals surface area (Å²) < 4.78 is 34.5. The van der Waals surface area contributed by atoms with E-state index in [0.717, 1.165) is 56.8 Å². The zero-order valence-corrected chi connectivity index (χ0v) is 27.1. The third-order valence-corrected chi connectivity index (χ3v) is 9.37. The number of carbonyl (C=O) groups is 1. The van der Waals surface area contributed by atoms with Crippen LogP contribution in [0.4, 0.5) is 37.5 Å². The number of hydrogen-bond acceptors (Lipinski definition) is 10. The first-order chi connectivity index (χ1) is 22.7. The van der Waals surface area contributed by atoms with E-state index in [0.29, 0.717) is 53.9 Å². The van der Waals surface area contributed by atoms with Gasteiger partial charge in [0.2, 0.25) is 5.91 Å². The van der Waals surface area contributed by atoms with Gasteiger partial charge in [0, 0.05) is 62.4 Å². The van der Waals surface area contributed by atoms with E-state index in [9.17, 15) is 13.6 Å². The van der Waals surface area contributed by atoms with E-state index >= 15 is 0 Å². The third kappa shape index (κ3) is 7.16. The summed E-state index contributed by atoms with van der Waals surface area (Å²) >= 11 is 0. The lowest BCUT2D eigenvalue weighted by Crippen LogP contribution is -2.45. The molecule has 3 saturated heterocycles.